The number of carbonyl (C=O) groups is 1. The van der Waals surface area contributed by atoms with E-state index in [1.807, 2.05) is 37.4 Å². The predicted octanol–water partition coefficient (Wildman–Crippen LogP) is 0.782. The van der Waals surface area contributed by atoms with E-state index in [2.05, 4.69) is 16.8 Å². The first-order valence-electron chi connectivity index (χ1n) is 8.04. The molecule has 1 aromatic rings. The monoisotopic (exact) mass is 304 g/mol. The van der Waals surface area contributed by atoms with Crippen molar-refractivity contribution in [1.29, 1.82) is 0 Å². The van der Waals surface area contributed by atoms with E-state index in [9.17, 15) is 4.79 Å². The van der Waals surface area contributed by atoms with Gasteiger partial charge in [-0.15, -0.1) is 0 Å². The van der Waals surface area contributed by atoms with Gasteiger partial charge in [0.15, 0.2) is 0 Å². The van der Waals surface area contributed by atoms with Gasteiger partial charge in [0.05, 0.1) is 0 Å². The second kappa shape index (κ2) is 8.27. The quantitative estimate of drug-likeness (QED) is 0.844. The second-order valence-corrected chi connectivity index (χ2v) is 6.15. The molecule has 1 aliphatic heterocycles. The largest absolute Gasteiger partial charge is 0.344 e. The van der Waals surface area contributed by atoms with Crippen LogP contribution in [0, 0.1) is 0 Å². The molecule has 1 amide bonds. The van der Waals surface area contributed by atoms with Crippen LogP contribution in [0.1, 0.15) is 18.0 Å². The maximum atomic E-state index is 12.3. The number of piperazine rings is 1. The van der Waals surface area contributed by atoms with Gasteiger partial charge in [-0.25, -0.2) is 0 Å². The zero-order chi connectivity index (χ0) is 15.9. The summed E-state index contributed by atoms with van der Waals surface area (Å²) in [7, 11) is 4.00. The Bertz CT molecular complexity index is 457. The van der Waals surface area contributed by atoms with Crippen LogP contribution in [0.15, 0.2) is 30.3 Å². The maximum Gasteiger partial charge on any atom is 0.243 e. The van der Waals surface area contributed by atoms with E-state index in [0.29, 0.717) is 0 Å². The molecule has 0 aliphatic carbocycles. The number of nitrogens with two attached hydrogens (primary N) is 1. The summed E-state index contributed by atoms with van der Waals surface area (Å²) >= 11 is 0. The van der Waals surface area contributed by atoms with Crippen molar-refractivity contribution in [3.63, 3.8) is 0 Å². The summed E-state index contributed by atoms with van der Waals surface area (Å²) in [5.41, 5.74) is 6.94. The molecule has 1 unspecified atom stereocenters. The number of amides is 1. The standard InChI is InChI=1S/C17H28N4O/c1-19-11-13-21(14-12-19)10-6-9-20(2)17(22)16(18)15-7-4-3-5-8-15/h3-5,7-8,16H,6,9-14,18H2,1-2H3. The number of hydrogen-bond acceptors (Lipinski definition) is 4. The number of benzene rings is 1. The molecule has 1 saturated heterocycles. The average Bonchev–Trinajstić information content (AvgIpc) is 2.56. The first kappa shape index (κ1) is 16.9. The Hall–Kier alpha value is -1.43. The predicted molar refractivity (Wildman–Crippen MR) is 89.6 cm³/mol. The van der Waals surface area contributed by atoms with Gasteiger partial charge in [0.2, 0.25) is 5.91 Å². The van der Waals surface area contributed by atoms with Crippen molar-refractivity contribution in [1.82, 2.24) is 14.7 Å². The summed E-state index contributed by atoms with van der Waals surface area (Å²) < 4.78 is 0. The fraction of sp³-hybridized carbons (Fsp3) is 0.588. The molecule has 2 N–H and O–H groups in total. The number of rotatable bonds is 6. The fourth-order valence-corrected chi connectivity index (χ4v) is 2.75. The first-order chi connectivity index (χ1) is 10.6. The van der Waals surface area contributed by atoms with Crippen LogP contribution in [-0.2, 0) is 4.79 Å². The molecule has 0 bridgehead atoms. The molecule has 122 valence electrons. The van der Waals surface area contributed by atoms with Gasteiger partial charge < -0.3 is 20.4 Å². The van der Waals surface area contributed by atoms with Gasteiger partial charge in [-0.3, -0.25) is 4.79 Å². The van der Waals surface area contributed by atoms with E-state index in [4.69, 9.17) is 5.73 Å². The van der Waals surface area contributed by atoms with E-state index < -0.39 is 6.04 Å². The van der Waals surface area contributed by atoms with Crippen molar-refractivity contribution in [2.45, 2.75) is 12.5 Å². The van der Waals surface area contributed by atoms with E-state index in [1.54, 1.807) is 4.90 Å². The minimum absolute atomic E-state index is 0.00965. The van der Waals surface area contributed by atoms with Gasteiger partial charge in [-0.05, 0) is 25.6 Å². The lowest BCUT2D eigenvalue weighted by molar-refractivity contribution is -0.131. The Morgan fingerprint density at radius 1 is 1.23 bits per heavy atom. The third kappa shape index (κ3) is 4.80. The Morgan fingerprint density at radius 2 is 1.86 bits per heavy atom. The summed E-state index contributed by atoms with van der Waals surface area (Å²) in [4.78, 5) is 18.9. The normalized spacial score (nSPS) is 18.1. The number of likely N-dealkylation sites (N-methyl/N-ethyl adjacent to an activating group) is 2. The van der Waals surface area contributed by atoms with E-state index in [0.717, 1.165) is 51.3 Å². The van der Waals surface area contributed by atoms with Gasteiger partial charge in [0.1, 0.15) is 6.04 Å². The van der Waals surface area contributed by atoms with Crippen molar-refractivity contribution in [2.75, 3.05) is 53.4 Å². The summed E-state index contributed by atoms with van der Waals surface area (Å²) in [5, 5.41) is 0. The van der Waals surface area contributed by atoms with Crippen LogP contribution in [-0.4, -0.2) is 74.0 Å². The van der Waals surface area contributed by atoms with E-state index >= 15 is 0 Å². The molecule has 1 heterocycles. The maximum absolute atomic E-state index is 12.3. The smallest absolute Gasteiger partial charge is 0.243 e. The topological polar surface area (TPSA) is 52.8 Å². The van der Waals surface area contributed by atoms with Crippen molar-refractivity contribution in [3.05, 3.63) is 35.9 Å². The molecule has 22 heavy (non-hydrogen) atoms. The molecule has 2 rings (SSSR count). The second-order valence-electron chi connectivity index (χ2n) is 6.15. The zero-order valence-electron chi connectivity index (χ0n) is 13.7. The van der Waals surface area contributed by atoms with Crippen LogP contribution in [0.3, 0.4) is 0 Å². The Balaban J connectivity index is 1.72. The van der Waals surface area contributed by atoms with Crippen LogP contribution in [0.5, 0.6) is 0 Å². The Kier molecular flexibility index (Phi) is 6.36. The van der Waals surface area contributed by atoms with Crippen molar-refractivity contribution in [3.8, 4) is 0 Å². The lowest BCUT2D eigenvalue weighted by Gasteiger charge is -2.32. The molecule has 0 radical (unpaired) electrons. The molecule has 1 aromatic carbocycles. The highest BCUT2D eigenvalue weighted by Gasteiger charge is 2.20. The molecule has 1 aliphatic rings. The summed E-state index contributed by atoms with van der Waals surface area (Å²) in [5.74, 6) is -0.00965. The highest BCUT2D eigenvalue weighted by Crippen LogP contribution is 2.12. The number of hydrogen-bond donors (Lipinski definition) is 1. The highest BCUT2D eigenvalue weighted by atomic mass is 16.2. The average molecular weight is 304 g/mol. The molecule has 0 saturated carbocycles. The van der Waals surface area contributed by atoms with Gasteiger partial charge >= 0.3 is 0 Å². The molecule has 5 heteroatoms. The third-order valence-corrected chi connectivity index (χ3v) is 4.36. The van der Waals surface area contributed by atoms with Gasteiger partial charge in [-0.1, -0.05) is 30.3 Å². The van der Waals surface area contributed by atoms with Crippen molar-refractivity contribution in [2.24, 2.45) is 5.73 Å². The lowest BCUT2D eigenvalue weighted by atomic mass is 10.1. The van der Waals surface area contributed by atoms with Crippen LogP contribution < -0.4 is 5.73 Å². The van der Waals surface area contributed by atoms with Gasteiger partial charge in [-0.2, -0.15) is 0 Å². The summed E-state index contributed by atoms with van der Waals surface area (Å²) in [6.07, 6.45) is 0.994. The minimum Gasteiger partial charge on any atom is -0.344 e. The third-order valence-electron chi connectivity index (χ3n) is 4.36. The van der Waals surface area contributed by atoms with Crippen molar-refractivity contribution < 1.29 is 4.79 Å². The van der Waals surface area contributed by atoms with Crippen molar-refractivity contribution >= 4 is 5.91 Å². The van der Waals surface area contributed by atoms with Crippen LogP contribution in [0.4, 0.5) is 0 Å². The minimum atomic E-state index is -0.560. The van der Waals surface area contributed by atoms with Gasteiger partial charge in [0, 0.05) is 39.8 Å². The van der Waals surface area contributed by atoms with Gasteiger partial charge in [0.25, 0.3) is 0 Å². The molecule has 5 nitrogen and oxygen atoms in total. The van der Waals surface area contributed by atoms with E-state index in [-0.39, 0.29) is 5.91 Å². The number of nitrogens with zero attached hydrogens (tertiary/aromatic N) is 3. The molecule has 0 spiro atoms. The van der Waals surface area contributed by atoms with Crippen LogP contribution in [0.25, 0.3) is 0 Å². The first-order valence-corrected chi connectivity index (χ1v) is 8.04. The molecule has 0 aromatic heterocycles. The summed E-state index contributed by atoms with van der Waals surface area (Å²) in [6, 6.07) is 9.00. The summed E-state index contributed by atoms with van der Waals surface area (Å²) in [6.45, 7) is 6.31. The molecule has 1 fully saturated rings. The highest BCUT2D eigenvalue weighted by molar-refractivity contribution is 5.82. The Morgan fingerprint density at radius 3 is 2.50 bits per heavy atom. The number of carbonyl (C=O) groups excluding carboxylic acids is 1. The SMILES string of the molecule is CN1CCN(CCCN(C)C(=O)C(N)c2ccccc2)CC1. The van der Waals surface area contributed by atoms with Crippen LogP contribution >= 0.6 is 0 Å². The Labute approximate surface area is 133 Å². The molecular weight excluding hydrogens is 276 g/mol. The molecular formula is C17H28N4O. The van der Waals surface area contributed by atoms with Crippen LogP contribution in [0.2, 0.25) is 0 Å². The lowest BCUT2D eigenvalue weighted by Crippen LogP contribution is -2.45. The fourth-order valence-electron chi connectivity index (χ4n) is 2.75. The molecule has 1 atom stereocenters. The zero-order valence-corrected chi connectivity index (χ0v) is 13.7. The van der Waals surface area contributed by atoms with E-state index in [1.165, 1.54) is 0 Å².